The topological polar surface area (TPSA) is 98.8 Å². The monoisotopic (exact) mass is 478 g/mol. The maximum atomic E-state index is 12.9. The van der Waals surface area contributed by atoms with Crippen molar-refractivity contribution in [1.29, 1.82) is 0 Å². The van der Waals surface area contributed by atoms with Crippen molar-refractivity contribution in [3.8, 4) is 5.75 Å². The number of fused-ring (bicyclic) bond motifs is 2. The first kappa shape index (κ1) is 22.8. The summed E-state index contributed by atoms with van der Waals surface area (Å²) >= 11 is 0. The predicted molar refractivity (Wildman–Crippen MR) is 140 cm³/mol. The molecule has 0 fully saturated rings. The summed E-state index contributed by atoms with van der Waals surface area (Å²) in [5.74, 6) is 0.101. The third-order valence-corrected chi connectivity index (χ3v) is 6.00. The fourth-order valence-corrected chi connectivity index (χ4v) is 4.22. The third-order valence-electron chi connectivity index (χ3n) is 6.00. The Bertz CT molecular complexity index is 1620. The molecule has 5 rings (SSSR count). The van der Waals surface area contributed by atoms with Crippen LogP contribution in [0.5, 0.6) is 5.75 Å². The van der Waals surface area contributed by atoms with Gasteiger partial charge in [0, 0.05) is 41.3 Å². The second-order valence-corrected chi connectivity index (χ2v) is 8.25. The zero-order chi connectivity index (χ0) is 25.1. The molecule has 8 heteroatoms. The van der Waals surface area contributed by atoms with Gasteiger partial charge in [0.25, 0.3) is 11.6 Å². The van der Waals surface area contributed by atoms with Crippen LogP contribution < -0.4 is 10.2 Å². The second kappa shape index (κ2) is 9.71. The lowest BCUT2D eigenvalue weighted by Crippen LogP contribution is -2.18. The van der Waals surface area contributed by atoms with Gasteiger partial charge in [-0.3, -0.25) is 14.9 Å². The summed E-state index contributed by atoms with van der Waals surface area (Å²) < 4.78 is 7.47. The molecule has 8 nitrogen and oxygen atoms in total. The number of para-hydroxylation sites is 1. The van der Waals surface area contributed by atoms with Crippen molar-refractivity contribution >= 4 is 39.5 Å². The van der Waals surface area contributed by atoms with Crippen LogP contribution in [0.4, 0.5) is 5.69 Å². The number of benzene rings is 4. The Kier molecular flexibility index (Phi) is 6.15. The first-order valence-corrected chi connectivity index (χ1v) is 11.2. The number of carbonyl (C=O) groups is 1. The zero-order valence-corrected chi connectivity index (χ0v) is 19.4. The zero-order valence-electron chi connectivity index (χ0n) is 19.4. The van der Waals surface area contributed by atoms with Gasteiger partial charge in [0.05, 0.1) is 23.8 Å². The van der Waals surface area contributed by atoms with Gasteiger partial charge in [-0.25, -0.2) is 5.43 Å². The van der Waals surface area contributed by atoms with Crippen LogP contribution in [-0.2, 0) is 6.54 Å². The second-order valence-electron chi connectivity index (χ2n) is 8.25. The summed E-state index contributed by atoms with van der Waals surface area (Å²) in [6.07, 6.45) is 3.55. The number of hydrogen-bond donors (Lipinski definition) is 1. The first-order chi connectivity index (χ1) is 17.5. The largest absolute Gasteiger partial charge is 0.496 e. The molecule has 36 heavy (non-hydrogen) atoms. The number of rotatable bonds is 7. The van der Waals surface area contributed by atoms with E-state index in [1.807, 2.05) is 65.4 Å². The van der Waals surface area contributed by atoms with E-state index in [1.54, 1.807) is 24.4 Å². The Morgan fingerprint density at radius 3 is 2.44 bits per heavy atom. The molecule has 1 N–H and O–H groups in total. The SMILES string of the molecule is COc1cc2ccccc2cc1C(=O)NN=Cc1cn(Cc2ccc([N+](=O)[O-])cc2)c2ccccc12. The van der Waals surface area contributed by atoms with Crippen LogP contribution in [0.1, 0.15) is 21.5 Å². The normalized spacial score (nSPS) is 11.2. The van der Waals surface area contributed by atoms with Crippen molar-refractivity contribution in [1.82, 2.24) is 9.99 Å². The Balaban J connectivity index is 1.38. The lowest BCUT2D eigenvalue weighted by atomic mass is 10.1. The molecule has 0 atom stereocenters. The van der Waals surface area contributed by atoms with Gasteiger partial charge >= 0.3 is 0 Å². The van der Waals surface area contributed by atoms with Gasteiger partial charge in [0.15, 0.2) is 0 Å². The Morgan fingerprint density at radius 2 is 1.72 bits per heavy atom. The highest BCUT2D eigenvalue weighted by atomic mass is 16.6. The molecule has 0 aliphatic heterocycles. The van der Waals surface area contributed by atoms with Gasteiger partial charge in [0.2, 0.25) is 0 Å². The molecular formula is C28H22N4O4. The lowest BCUT2D eigenvalue weighted by molar-refractivity contribution is -0.384. The first-order valence-electron chi connectivity index (χ1n) is 11.2. The fraction of sp³-hybridized carbons (Fsp3) is 0.0714. The van der Waals surface area contributed by atoms with Gasteiger partial charge in [-0.1, -0.05) is 54.6 Å². The number of ether oxygens (including phenoxy) is 1. The standard InChI is InChI=1S/C28H22N4O4/c1-36-27-15-21-7-3-2-6-20(21)14-25(27)28(33)30-29-16-22-18-31(26-9-5-4-8-24(22)26)17-19-10-12-23(13-11-19)32(34)35/h2-16,18H,17H2,1H3,(H,30,33). The summed E-state index contributed by atoms with van der Waals surface area (Å²) in [5.41, 5.74) is 5.81. The van der Waals surface area contributed by atoms with E-state index in [9.17, 15) is 14.9 Å². The molecule has 0 saturated carbocycles. The molecular weight excluding hydrogens is 456 g/mol. The molecule has 0 aliphatic carbocycles. The van der Waals surface area contributed by atoms with E-state index in [1.165, 1.54) is 19.2 Å². The number of nitrogens with one attached hydrogen (secondary N) is 1. The number of methoxy groups -OCH3 is 1. The van der Waals surface area contributed by atoms with Gasteiger partial charge in [-0.05, 0) is 34.5 Å². The van der Waals surface area contributed by atoms with Crippen molar-refractivity contribution < 1.29 is 14.5 Å². The highest BCUT2D eigenvalue weighted by Gasteiger charge is 2.14. The van der Waals surface area contributed by atoms with Gasteiger partial charge < -0.3 is 9.30 Å². The van der Waals surface area contributed by atoms with Crippen molar-refractivity contribution in [3.05, 3.63) is 118 Å². The molecule has 0 radical (unpaired) electrons. The van der Waals surface area contributed by atoms with Crippen LogP contribution in [0.3, 0.4) is 0 Å². The molecule has 1 amide bonds. The summed E-state index contributed by atoms with van der Waals surface area (Å²) in [6.45, 7) is 0.535. The Labute approximate surface area is 206 Å². The average Bonchev–Trinajstić information content (AvgIpc) is 3.25. The smallest absolute Gasteiger partial charge is 0.275 e. The lowest BCUT2D eigenvalue weighted by Gasteiger charge is -2.09. The van der Waals surface area contributed by atoms with Gasteiger partial charge in [0.1, 0.15) is 5.75 Å². The van der Waals surface area contributed by atoms with Crippen molar-refractivity contribution in [2.45, 2.75) is 6.54 Å². The molecule has 5 aromatic rings. The molecule has 1 heterocycles. The van der Waals surface area contributed by atoms with Crippen LogP contribution >= 0.6 is 0 Å². The summed E-state index contributed by atoms with van der Waals surface area (Å²) in [5, 5.41) is 18.0. The third kappa shape index (κ3) is 4.52. The molecule has 0 aliphatic rings. The number of non-ortho nitro benzene ring substituents is 1. The van der Waals surface area contributed by atoms with Crippen LogP contribution in [-0.4, -0.2) is 28.7 Å². The van der Waals surface area contributed by atoms with E-state index in [2.05, 4.69) is 10.5 Å². The van der Waals surface area contributed by atoms with Gasteiger partial charge in [-0.2, -0.15) is 5.10 Å². The number of aromatic nitrogens is 1. The van der Waals surface area contributed by atoms with E-state index in [4.69, 9.17) is 4.74 Å². The van der Waals surface area contributed by atoms with Crippen LogP contribution in [0.15, 0.2) is 96.2 Å². The number of amides is 1. The number of carbonyl (C=O) groups excluding carboxylic acids is 1. The Morgan fingerprint density at radius 1 is 1.03 bits per heavy atom. The summed E-state index contributed by atoms with van der Waals surface area (Å²) in [6, 6.07) is 25.7. The van der Waals surface area contributed by atoms with E-state index in [0.717, 1.165) is 32.8 Å². The molecule has 0 unspecified atom stereocenters. The number of nitrogens with zero attached hydrogens (tertiary/aromatic N) is 3. The number of nitro groups is 1. The molecule has 0 bridgehead atoms. The molecule has 0 saturated heterocycles. The highest BCUT2D eigenvalue weighted by molar-refractivity contribution is 6.03. The highest BCUT2D eigenvalue weighted by Crippen LogP contribution is 2.26. The van der Waals surface area contributed by atoms with Crippen molar-refractivity contribution in [3.63, 3.8) is 0 Å². The fourth-order valence-electron chi connectivity index (χ4n) is 4.22. The molecule has 0 spiro atoms. The molecule has 4 aromatic carbocycles. The van der Waals surface area contributed by atoms with Crippen LogP contribution in [0.2, 0.25) is 0 Å². The number of hydrazone groups is 1. The van der Waals surface area contributed by atoms with Gasteiger partial charge in [-0.15, -0.1) is 0 Å². The number of nitro benzene ring substituents is 1. The minimum atomic E-state index is -0.412. The summed E-state index contributed by atoms with van der Waals surface area (Å²) in [4.78, 5) is 23.4. The van der Waals surface area contributed by atoms with E-state index < -0.39 is 4.92 Å². The molecule has 178 valence electrons. The number of hydrogen-bond acceptors (Lipinski definition) is 5. The Hall–Kier alpha value is -4.98. The van der Waals surface area contributed by atoms with Crippen LogP contribution in [0.25, 0.3) is 21.7 Å². The molecule has 1 aromatic heterocycles. The van der Waals surface area contributed by atoms with Crippen molar-refractivity contribution in [2.24, 2.45) is 5.10 Å². The quantitative estimate of drug-likeness (QED) is 0.189. The van der Waals surface area contributed by atoms with Crippen molar-refractivity contribution in [2.75, 3.05) is 7.11 Å². The van der Waals surface area contributed by atoms with Crippen LogP contribution in [0, 0.1) is 10.1 Å². The predicted octanol–water partition coefficient (Wildman–Crippen LogP) is 5.52. The minimum Gasteiger partial charge on any atom is -0.496 e. The van der Waals surface area contributed by atoms with E-state index >= 15 is 0 Å². The van der Waals surface area contributed by atoms with E-state index in [0.29, 0.717) is 17.9 Å². The maximum absolute atomic E-state index is 12.9. The average molecular weight is 479 g/mol. The maximum Gasteiger partial charge on any atom is 0.275 e. The summed E-state index contributed by atoms with van der Waals surface area (Å²) in [7, 11) is 1.53. The van der Waals surface area contributed by atoms with E-state index in [-0.39, 0.29) is 11.6 Å². The minimum absolute atomic E-state index is 0.0581.